The van der Waals surface area contributed by atoms with E-state index in [0.717, 1.165) is 30.4 Å². The lowest BCUT2D eigenvalue weighted by molar-refractivity contribution is -0.181. The maximum absolute atomic E-state index is 12.9. The van der Waals surface area contributed by atoms with Crippen LogP contribution < -0.4 is 10.2 Å². The normalized spacial score (nSPS) is 21.1. The molecule has 1 N–H and O–H groups in total. The predicted octanol–water partition coefficient (Wildman–Crippen LogP) is 2.96. The number of aliphatic imine (C=N–C) groups is 1. The summed E-state index contributed by atoms with van der Waals surface area (Å²) < 4.78 is 38.8. The van der Waals surface area contributed by atoms with E-state index in [-0.39, 0.29) is 0 Å². The molecule has 30 heavy (non-hydrogen) atoms. The number of hydrogen-bond acceptors (Lipinski definition) is 4. The zero-order valence-electron chi connectivity index (χ0n) is 18.1. The molecule has 6 nitrogen and oxygen atoms in total. The van der Waals surface area contributed by atoms with Gasteiger partial charge in [-0.1, -0.05) is 13.0 Å². The second-order valence-corrected chi connectivity index (χ2v) is 8.34. The van der Waals surface area contributed by atoms with Gasteiger partial charge in [0.2, 0.25) is 0 Å². The number of pyridine rings is 1. The molecule has 1 aromatic heterocycles. The quantitative estimate of drug-likeness (QED) is 0.593. The third kappa shape index (κ3) is 5.77. The molecular formula is C21H33F3N6. The van der Waals surface area contributed by atoms with Crippen molar-refractivity contribution >= 4 is 11.8 Å². The maximum atomic E-state index is 12.9. The molecule has 0 radical (unpaired) electrons. The van der Waals surface area contributed by atoms with E-state index in [9.17, 15) is 13.2 Å². The van der Waals surface area contributed by atoms with Crippen LogP contribution in [0.15, 0.2) is 23.3 Å². The Morgan fingerprint density at radius 3 is 2.37 bits per heavy atom. The molecular weight excluding hydrogens is 393 g/mol. The summed E-state index contributed by atoms with van der Waals surface area (Å²) in [7, 11) is 1.70. The Bertz CT molecular complexity index is 690. The molecule has 1 unspecified atom stereocenters. The minimum Gasteiger partial charge on any atom is -0.357 e. The summed E-state index contributed by atoms with van der Waals surface area (Å²) in [6, 6.07) is 2.72. The smallest absolute Gasteiger partial charge is 0.357 e. The van der Waals surface area contributed by atoms with Crippen molar-refractivity contribution in [2.75, 3.05) is 51.2 Å². The van der Waals surface area contributed by atoms with Crippen molar-refractivity contribution in [1.82, 2.24) is 20.1 Å². The summed E-state index contributed by atoms with van der Waals surface area (Å²) >= 11 is 0. The van der Waals surface area contributed by atoms with Crippen LogP contribution in [0.1, 0.15) is 32.3 Å². The highest BCUT2D eigenvalue weighted by Gasteiger charge is 2.41. The van der Waals surface area contributed by atoms with Crippen molar-refractivity contribution in [3.05, 3.63) is 23.9 Å². The van der Waals surface area contributed by atoms with Gasteiger partial charge in [0, 0.05) is 59.1 Å². The Morgan fingerprint density at radius 1 is 1.17 bits per heavy atom. The van der Waals surface area contributed by atoms with Crippen LogP contribution in [0.3, 0.4) is 0 Å². The highest BCUT2D eigenvalue weighted by molar-refractivity contribution is 5.80. The van der Waals surface area contributed by atoms with Crippen LogP contribution in [0.2, 0.25) is 0 Å². The summed E-state index contributed by atoms with van der Waals surface area (Å²) in [4.78, 5) is 14.7. The molecule has 3 rings (SSSR count). The van der Waals surface area contributed by atoms with Crippen molar-refractivity contribution in [2.24, 2.45) is 10.9 Å². The van der Waals surface area contributed by atoms with E-state index >= 15 is 0 Å². The van der Waals surface area contributed by atoms with Gasteiger partial charge in [0.25, 0.3) is 0 Å². The van der Waals surface area contributed by atoms with Gasteiger partial charge in [-0.3, -0.25) is 9.89 Å². The zero-order chi connectivity index (χ0) is 21.7. The monoisotopic (exact) mass is 426 g/mol. The first-order valence-electron chi connectivity index (χ1n) is 10.7. The molecule has 0 saturated carbocycles. The van der Waals surface area contributed by atoms with Crippen LogP contribution in [0.4, 0.5) is 19.0 Å². The first-order chi connectivity index (χ1) is 14.3. The van der Waals surface area contributed by atoms with Crippen molar-refractivity contribution in [1.29, 1.82) is 0 Å². The van der Waals surface area contributed by atoms with Gasteiger partial charge in [0.15, 0.2) is 5.96 Å². The van der Waals surface area contributed by atoms with Gasteiger partial charge in [0.05, 0.1) is 0 Å². The molecule has 2 fully saturated rings. The Balaban J connectivity index is 1.48. The fraction of sp³-hybridized carbons (Fsp3) is 0.714. The number of rotatable bonds is 4. The second-order valence-electron chi connectivity index (χ2n) is 8.34. The van der Waals surface area contributed by atoms with Crippen LogP contribution in [-0.4, -0.2) is 79.3 Å². The molecule has 2 aliphatic rings. The van der Waals surface area contributed by atoms with Crippen LogP contribution in [-0.2, 0) is 6.54 Å². The standard InChI is InChI=1S/C21H33F3N6/c1-16-6-8-29(9-7-16)19-5-4-18(14-26-19)15-27-20(25-3)30-12-10-28(11-13-30)17(2)21(22,23)24/h4-5,14,16-17H,6-13,15H2,1-3H3,(H,25,27). The van der Waals surface area contributed by atoms with Crippen molar-refractivity contribution < 1.29 is 13.2 Å². The largest absolute Gasteiger partial charge is 0.403 e. The number of alkyl halides is 3. The Morgan fingerprint density at radius 2 is 1.83 bits per heavy atom. The molecule has 0 spiro atoms. The number of piperazine rings is 1. The Hall–Kier alpha value is -2.03. The van der Waals surface area contributed by atoms with E-state index in [4.69, 9.17) is 0 Å². The third-order valence-electron chi connectivity index (χ3n) is 6.21. The molecule has 3 heterocycles. The molecule has 0 amide bonds. The molecule has 0 aromatic carbocycles. The van der Waals surface area contributed by atoms with Crippen LogP contribution >= 0.6 is 0 Å². The molecule has 9 heteroatoms. The first-order valence-corrected chi connectivity index (χ1v) is 10.7. The minimum atomic E-state index is -4.19. The molecule has 168 valence electrons. The number of halogens is 3. The number of aromatic nitrogens is 1. The fourth-order valence-electron chi connectivity index (χ4n) is 3.99. The fourth-order valence-corrected chi connectivity index (χ4v) is 3.99. The van der Waals surface area contributed by atoms with E-state index in [1.54, 1.807) is 7.05 Å². The number of guanidine groups is 1. The zero-order valence-corrected chi connectivity index (χ0v) is 18.1. The highest BCUT2D eigenvalue weighted by Crippen LogP contribution is 2.25. The van der Waals surface area contributed by atoms with Gasteiger partial charge < -0.3 is 15.1 Å². The van der Waals surface area contributed by atoms with E-state index in [2.05, 4.69) is 39.2 Å². The van der Waals surface area contributed by atoms with Crippen LogP contribution in [0, 0.1) is 5.92 Å². The average molecular weight is 427 g/mol. The Kier molecular flexibility index (Phi) is 7.44. The molecule has 0 aliphatic carbocycles. The third-order valence-corrected chi connectivity index (χ3v) is 6.21. The lowest BCUT2D eigenvalue weighted by atomic mass is 9.99. The number of hydrogen-bond donors (Lipinski definition) is 1. The average Bonchev–Trinajstić information content (AvgIpc) is 2.74. The van der Waals surface area contributed by atoms with Crippen LogP contribution in [0.25, 0.3) is 0 Å². The molecule has 1 atom stereocenters. The van der Waals surface area contributed by atoms with Gasteiger partial charge >= 0.3 is 6.18 Å². The van der Waals surface area contributed by atoms with Crippen molar-refractivity contribution in [3.8, 4) is 0 Å². The van der Waals surface area contributed by atoms with Gasteiger partial charge in [0.1, 0.15) is 11.9 Å². The summed E-state index contributed by atoms with van der Waals surface area (Å²) in [6.45, 7) is 7.98. The number of piperidine rings is 1. The van der Waals surface area contributed by atoms with Gasteiger partial charge in [-0.05, 0) is 37.3 Å². The van der Waals surface area contributed by atoms with Gasteiger partial charge in [-0.2, -0.15) is 13.2 Å². The first kappa shape index (κ1) is 22.7. The predicted molar refractivity (Wildman–Crippen MR) is 114 cm³/mol. The van der Waals surface area contributed by atoms with Crippen molar-refractivity contribution in [2.45, 2.75) is 45.5 Å². The lowest BCUT2D eigenvalue weighted by Crippen LogP contribution is -2.56. The summed E-state index contributed by atoms with van der Waals surface area (Å²) in [6.07, 6.45) is 0.108. The topological polar surface area (TPSA) is 47.0 Å². The summed E-state index contributed by atoms with van der Waals surface area (Å²) in [5.74, 6) is 2.52. The van der Waals surface area contributed by atoms with E-state index in [1.807, 2.05) is 11.1 Å². The van der Waals surface area contributed by atoms with Crippen molar-refractivity contribution in [3.63, 3.8) is 0 Å². The molecule has 2 saturated heterocycles. The summed E-state index contributed by atoms with van der Waals surface area (Å²) in [5.41, 5.74) is 1.05. The molecule has 1 aromatic rings. The number of nitrogens with one attached hydrogen (secondary N) is 1. The van der Waals surface area contributed by atoms with Gasteiger partial charge in [-0.15, -0.1) is 0 Å². The van der Waals surface area contributed by atoms with Crippen LogP contribution in [0.5, 0.6) is 0 Å². The number of nitrogens with zero attached hydrogens (tertiary/aromatic N) is 5. The number of anilines is 1. The maximum Gasteiger partial charge on any atom is 0.403 e. The van der Waals surface area contributed by atoms with E-state index in [0.29, 0.717) is 38.7 Å². The highest BCUT2D eigenvalue weighted by atomic mass is 19.4. The minimum absolute atomic E-state index is 0.367. The lowest BCUT2D eigenvalue weighted by Gasteiger charge is -2.39. The van der Waals surface area contributed by atoms with Gasteiger partial charge in [-0.25, -0.2) is 4.98 Å². The van der Waals surface area contributed by atoms with E-state index in [1.165, 1.54) is 24.7 Å². The SMILES string of the molecule is CN=C(NCc1ccc(N2CCC(C)CC2)nc1)N1CCN(C(C)C(F)(F)F)CC1. The Labute approximate surface area is 177 Å². The molecule has 0 bridgehead atoms. The molecule has 2 aliphatic heterocycles. The summed E-state index contributed by atoms with van der Waals surface area (Å²) in [5, 5.41) is 3.32. The van der Waals surface area contributed by atoms with E-state index < -0.39 is 12.2 Å². The second kappa shape index (κ2) is 9.85.